The molecular formula is C12H22N2O3. The Hall–Kier alpha value is -0.650. The highest BCUT2D eigenvalue weighted by atomic mass is 16.5. The molecule has 0 radical (unpaired) electrons. The van der Waals surface area contributed by atoms with Gasteiger partial charge < -0.3 is 19.7 Å². The maximum absolute atomic E-state index is 12.5. The molecule has 2 aliphatic rings. The van der Waals surface area contributed by atoms with Gasteiger partial charge in [0.05, 0.1) is 38.4 Å². The van der Waals surface area contributed by atoms with Crippen molar-refractivity contribution in [1.29, 1.82) is 0 Å². The molecule has 2 heterocycles. The first-order valence-corrected chi connectivity index (χ1v) is 6.41. The second kappa shape index (κ2) is 5.80. The summed E-state index contributed by atoms with van der Waals surface area (Å²) in [7, 11) is 1.89. The van der Waals surface area contributed by atoms with Crippen LogP contribution in [0, 0.1) is 5.92 Å². The molecule has 2 aliphatic heterocycles. The molecule has 98 valence electrons. The van der Waals surface area contributed by atoms with Crippen LogP contribution in [0.2, 0.25) is 0 Å². The summed E-state index contributed by atoms with van der Waals surface area (Å²) in [5.74, 6) is 0.184. The number of carbonyl (C=O) groups is 1. The molecular weight excluding hydrogens is 220 g/mol. The molecule has 0 saturated carbocycles. The average molecular weight is 242 g/mol. The van der Waals surface area contributed by atoms with Crippen LogP contribution in [0.1, 0.15) is 13.3 Å². The molecule has 17 heavy (non-hydrogen) atoms. The van der Waals surface area contributed by atoms with Crippen LogP contribution < -0.4 is 5.32 Å². The first-order valence-electron chi connectivity index (χ1n) is 6.41. The van der Waals surface area contributed by atoms with E-state index in [0.29, 0.717) is 33.0 Å². The van der Waals surface area contributed by atoms with Crippen LogP contribution in [0.25, 0.3) is 0 Å². The van der Waals surface area contributed by atoms with Crippen molar-refractivity contribution in [3.05, 3.63) is 0 Å². The van der Waals surface area contributed by atoms with Gasteiger partial charge in [-0.15, -0.1) is 0 Å². The minimum absolute atomic E-state index is 0.0350. The number of morpholine rings is 1. The van der Waals surface area contributed by atoms with Gasteiger partial charge in [-0.2, -0.15) is 0 Å². The van der Waals surface area contributed by atoms with E-state index >= 15 is 0 Å². The van der Waals surface area contributed by atoms with Crippen LogP contribution in [0.4, 0.5) is 0 Å². The van der Waals surface area contributed by atoms with E-state index in [9.17, 15) is 4.79 Å². The lowest BCUT2D eigenvalue weighted by atomic mass is 10.0. The van der Waals surface area contributed by atoms with Crippen molar-refractivity contribution >= 4 is 5.91 Å². The average Bonchev–Trinajstić information content (AvgIpc) is 2.86. The minimum atomic E-state index is -0.0350. The molecule has 3 atom stereocenters. The van der Waals surface area contributed by atoms with E-state index in [4.69, 9.17) is 9.47 Å². The number of hydrogen-bond donors (Lipinski definition) is 1. The lowest BCUT2D eigenvalue weighted by Crippen LogP contribution is -2.53. The van der Waals surface area contributed by atoms with Crippen LogP contribution >= 0.6 is 0 Å². The third-order valence-corrected chi connectivity index (χ3v) is 3.75. The number of likely N-dealkylation sites (N-methyl/N-ethyl adjacent to an activating group) is 1. The number of amides is 1. The summed E-state index contributed by atoms with van der Waals surface area (Å²) in [4.78, 5) is 14.5. The molecule has 2 fully saturated rings. The molecule has 0 aromatic carbocycles. The van der Waals surface area contributed by atoms with Gasteiger partial charge >= 0.3 is 0 Å². The Morgan fingerprint density at radius 1 is 1.35 bits per heavy atom. The lowest BCUT2D eigenvalue weighted by Gasteiger charge is -2.37. The van der Waals surface area contributed by atoms with Crippen LogP contribution in [0.15, 0.2) is 0 Å². The zero-order valence-corrected chi connectivity index (χ0v) is 10.6. The molecule has 0 bridgehead atoms. The quantitative estimate of drug-likeness (QED) is 0.748. The maximum atomic E-state index is 12.5. The second-order valence-corrected chi connectivity index (χ2v) is 4.71. The highest BCUT2D eigenvalue weighted by Gasteiger charge is 2.38. The predicted molar refractivity (Wildman–Crippen MR) is 63.8 cm³/mol. The van der Waals surface area contributed by atoms with E-state index in [0.717, 1.165) is 6.42 Å². The van der Waals surface area contributed by atoms with Gasteiger partial charge in [0.15, 0.2) is 0 Å². The second-order valence-electron chi connectivity index (χ2n) is 4.71. The van der Waals surface area contributed by atoms with Crippen LogP contribution in [-0.2, 0) is 14.3 Å². The predicted octanol–water partition coefficient (Wildman–Crippen LogP) is -0.142. The normalized spacial score (nSPS) is 34.0. The van der Waals surface area contributed by atoms with Gasteiger partial charge in [0.25, 0.3) is 0 Å². The lowest BCUT2D eigenvalue weighted by molar-refractivity contribution is -0.144. The molecule has 1 amide bonds. The molecule has 2 rings (SSSR count). The van der Waals surface area contributed by atoms with E-state index in [1.807, 2.05) is 11.9 Å². The molecule has 1 N–H and O–H groups in total. The number of ether oxygens (including phenoxy) is 2. The van der Waals surface area contributed by atoms with Crippen molar-refractivity contribution in [3.8, 4) is 0 Å². The van der Waals surface area contributed by atoms with Gasteiger partial charge in [-0.3, -0.25) is 4.79 Å². The molecule has 0 spiro atoms. The van der Waals surface area contributed by atoms with E-state index in [1.165, 1.54) is 0 Å². The largest absolute Gasteiger partial charge is 0.379 e. The van der Waals surface area contributed by atoms with Crippen molar-refractivity contribution < 1.29 is 14.3 Å². The van der Waals surface area contributed by atoms with Crippen molar-refractivity contribution in [1.82, 2.24) is 10.2 Å². The molecule has 5 heteroatoms. The molecule has 2 saturated heterocycles. The summed E-state index contributed by atoms with van der Waals surface area (Å²) in [6.07, 6.45) is 0.948. The standard InChI is InChI=1S/C12H22N2O3/c1-3-9-6-16-5-4-14(9)12(15)10-7-17-8-11(10)13-2/h9-11,13H,3-8H2,1-2H3. The summed E-state index contributed by atoms with van der Waals surface area (Å²) in [5.41, 5.74) is 0. The highest BCUT2D eigenvalue weighted by Crippen LogP contribution is 2.20. The smallest absolute Gasteiger partial charge is 0.230 e. The van der Waals surface area contributed by atoms with E-state index in [2.05, 4.69) is 12.2 Å². The van der Waals surface area contributed by atoms with Gasteiger partial charge in [0, 0.05) is 12.6 Å². The van der Waals surface area contributed by atoms with Crippen molar-refractivity contribution in [2.75, 3.05) is 40.0 Å². The molecule has 5 nitrogen and oxygen atoms in total. The fourth-order valence-corrected chi connectivity index (χ4v) is 2.58. The fraction of sp³-hybridized carbons (Fsp3) is 0.917. The molecule has 0 aromatic rings. The van der Waals surface area contributed by atoms with E-state index < -0.39 is 0 Å². The SMILES string of the molecule is CCC1COCCN1C(=O)C1COCC1NC. The maximum Gasteiger partial charge on any atom is 0.230 e. The Kier molecular flexibility index (Phi) is 4.36. The third kappa shape index (κ3) is 2.61. The van der Waals surface area contributed by atoms with Gasteiger partial charge in [-0.05, 0) is 13.5 Å². The Bertz CT molecular complexity index is 272. The first-order chi connectivity index (χ1) is 8.27. The number of carbonyl (C=O) groups excluding carboxylic acids is 1. The van der Waals surface area contributed by atoms with Crippen LogP contribution in [0.5, 0.6) is 0 Å². The number of nitrogens with zero attached hydrogens (tertiary/aromatic N) is 1. The van der Waals surface area contributed by atoms with E-state index in [-0.39, 0.29) is 23.9 Å². The highest BCUT2D eigenvalue weighted by molar-refractivity contribution is 5.80. The van der Waals surface area contributed by atoms with Gasteiger partial charge in [-0.25, -0.2) is 0 Å². The summed E-state index contributed by atoms with van der Waals surface area (Å²) >= 11 is 0. The number of hydrogen-bond acceptors (Lipinski definition) is 4. The molecule has 0 aliphatic carbocycles. The monoisotopic (exact) mass is 242 g/mol. The summed E-state index contributed by atoms with van der Waals surface area (Å²) in [6, 6.07) is 0.386. The number of rotatable bonds is 3. The first kappa shape index (κ1) is 12.8. The van der Waals surface area contributed by atoms with Crippen LogP contribution in [0.3, 0.4) is 0 Å². The van der Waals surface area contributed by atoms with Gasteiger partial charge in [0.2, 0.25) is 5.91 Å². The topological polar surface area (TPSA) is 50.8 Å². The van der Waals surface area contributed by atoms with E-state index in [1.54, 1.807) is 0 Å². The Morgan fingerprint density at radius 2 is 2.18 bits per heavy atom. The zero-order valence-electron chi connectivity index (χ0n) is 10.6. The Morgan fingerprint density at radius 3 is 2.88 bits per heavy atom. The van der Waals surface area contributed by atoms with Crippen molar-refractivity contribution in [2.24, 2.45) is 5.92 Å². The molecule has 3 unspecified atom stereocenters. The number of nitrogens with one attached hydrogen (secondary N) is 1. The van der Waals surface area contributed by atoms with Crippen LogP contribution in [-0.4, -0.2) is 62.9 Å². The van der Waals surface area contributed by atoms with Crippen molar-refractivity contribution in [2.45, 2.75) is 25.4 Å². The summed E-state index contributed by atoms with van der Waals surface area (Å²) < 4.78 is 10.8. The minimum Gasteiger partial charge on any atom is -0.379 e. The molecule has 0 aromatic heterocycles. The summed E-state index contributed by atoms with van der Waals surface area (Å²) in [6.45, 7) is 5.30. The fourth-order valence-electron chi connectivity index (χ4n) is 2.58. The third-order valence-electron chi connectivity index (χ3n) is 3.75. The van der Waals surface area contributed by atoms with Crippen molar-refractivity contribution in [3.63, 3.8) is 0 Å². The van der Waals surface area contributed by atoms with Gasteiger partial charge in [-0.1, -0.05) is 6.92 Å². The Balaban J connectivity index is 2.02. The zero-order chi connectivity index (χ0) is 12.3. The Labute approximate surface area is 102 Å². The summed E-state index contributed by atoms with van der Waals surface area (Å²) in [5, 5.41) is 3.16. The van der Waals surface area contributed by atoms with Gasteiger partial charge in [0.1, 0.15) is 0 Å².